The standard InChI is InChI=1S/C20H24N6O5S/c1-30-14-4-5-18(31-2)15(10-14)16-11-17(24-23-16)20(27)25-6-3-7-26(9-8-25)32(28,29)19-12-21-13-22-19/h4-5,10-13H,3,6-9H2,1-2H3,(H,21,22)(H,23,24). The molecule has 170 valence electrons. The first-order valence-electron chi connectivity index (χ1n) is 9.99. The molecule has 1 aliphatic heterocycles. The Bertz CT molecular complexity index is 1190. The molecule has 32 heavy (non-hydrogen) atoms. The first kappa shape index (κ1) is 21.8. The maximum absolute atomic E-state index is 13.1. The molecule has 3 heterocycles. The van der Waals surface area contributed by atoms with Crippen molar-refractivity contribution in [3.05, 3.63) is 42.5 Å². The number of benzene rings is 1. The number of carbonyl (C=O) groups excluding carboxylic acids is 1. The van der Waals surface area contributed by atoms with E-state index in [1.807, 2.05) is 0 Å². The fourth-order valence-corrected chi connectivity index (χ4v) is 4.98. The number of aromatic amines is 2. The molecule has 0 spiro atoms. The maximum Gasteiger partial charge on any atom is 0.271 e. The van der Waals surface area contributed by atoms with E-state index >= 15 is 0 Å². The van der Waals surface area contributed by atoms with E-state index in [-0.39, 0.29) is 24.0 Å². The average Bonchev–Trinajstić information content (AvgIpc) is 3.46. The largest absolute Gasteiger partial charge is 0.497 e. The van der Waals surface area contributed by atoms with E-state index < -0.39 is 10.0 Å². The highest BCUT2D eigenvalue weighted by atomic mass is 32.2. The third-order valence-corrected chi connectivity index (χ3v) is 7.15. The number of nitrogens with one attached hydrogen (secondary N) is 2. The van der Waals surface area contributed by atoms with Gasteiger partial charge in [0.2, 0.25) is 0 Å². The molecule has 0 saturated carbocycles. The highest BCUT2D eigenvalue weighted by Crippen LogP contribution is 2.32. The number of sulfonamides is 1. The topological polar surface area (TPSA) is 134 Å². The van der Waals surface area contributed by atoms with Gasteiger partial charge in [0.1, 0.15) is 17.2 Å². The van der Waals surface area contributed by atoms with Gasteiger partial charge >= 0.3 is 0 Å². The summed E-state index contributed by atoms with van der Waals surface area (Å²) in [5, 5.41) is 7.11. The third kappa shape index (κ3) is 4.18. The van der Waals surface area contributed by atoms with Crippen molar-refractivity contribution in [1.29, 1.82) is 0 Å². The van der Waals surface area contributed by atoms with E-state index in [0.717, 1.165) is 0 Å². The second-order valence-electron chi connectivity index (χ2n) is 7.20. The van der Waals surface area contributed by atoms with Crippen LogP contribution in [0, 0.1) is 0 Å². The summed E-state index contributed by atoms with van der Waals surface area (Å²) in [5.41, 5.74) is 1.55. The Morgan fingerprint density at radius 2 is 1.94 bits per heavy atom. The Hall–Kier alpha value is -3.38. The van der Waals surface area contributed by atoms with Gasteiger partial charge in [0.15, 0.2) is 5.03 Å². The number of amides is 1. The minimum absolute atomic E-state index is 0.0442. The van der Waals surface area contributed by atoms with Crippen LogP contribution < -0.4 is 9.47 Å². The lowest BCUT2D eigenvalue weighted by Crippen LogP contribution is -2.37. The highest BCUT2D eigenvalue weighted by Gasteiger charge is 2.30. The smallest absolute Gasteiger partial charge is 0.271 e. The number of rotatable bonds is 6. The van der Waals surface area contributed by atoms with Crippen LogP contribution in [0.1, 0.15) is 16.9 Å². The van der Waals surface area contributed by atoms with Gasteiger partial charge < -0.3 is 19.4 Å². The molecule has 1 saturated heterocycles. The van der Waals surface area contributed by atoms with Crippen molar-refractivity contribution >= 4 is 15.9 Å². The van der Waals surface area contributed by atoms with Crippen LogP contribution in [0.15, 0.2) is 41.8 Å². The van der Waals surface area contributed by atoms with Crippen LogP contribution in [0.4, 0.5) is 0 Å². The summed E-state index contributed by atoms with van der Waals surface area (Å²) >= 11 is 0. The molecule has 3 aromatic rings. The second kappa shape index (κ2) is 9.01. The lowest BCUT2D eigenvalue weighted by Gasteiger charge is -2.20. The first-order chi connectivity index (χ1) is 15.4. The lowest BCUT2D eigenvalue weighted by molar-refractivity contribution is 0.0758. The van der Waals surface area contributed by atoms with Crippen molar-refractivity contribution in [2.75, 3.05) is 40.4 Å². The normalized spacial score (nSPS) is 15.4. The molecule has 12 heteroatoms. The molecule has 2 N–H and O–H groups in total. The van der Waals surface area contributed by atoms with Crippen molar-refractivity contribution in [3.8, 4) is 22.8 Å². The van der Waals surface area contributed by atoms with Crippen LogP contribution in [-0.2, 0) is 10.0 Å². The predicted octanol–water partition coefficient (Wildman–Crippen LogP) is 1.35. The van der Waals surface area contributed by atoms with Crippen LogP contribution >= 0.6 is 0 Å². The van der Waals surface area contributed by atoms with Crippen molar-refractivity contribution in [2.24, 2.45) is 0 Å². The number of hydrogen-bond donors (Lipinski definition) is 2. The van der Waals surface area contributed by atoms with E-state index in [9.17, 15) is 13.2 Å². The van der Waals surface area contributed by atoms with Gasteiger partial charge in [-0.2, -0.15) is 9.40 Å². The first-order valence-corrected chi connectivity index (χ1v) is 11.4. The summed E-state index contributed by atoms with van der Waals surface area (Å²) in [5.74, 6) is 1.000. The Kier molecular flexibility index (Phi) is 6.15. The van der Waals surface area contributed by atoms with E-state index in [1.165, 1.54) is 16.8 Å². The van der Waals surface area contributed by atoms with E-state index in [1.54, 1.807) is 43.4 Å². The second-order valence-corrected chi connectivity index (χ2v) is 9.11. The summed E-state index contributed by atoms with van der Waals surface area (Å²) < 4.78 is 37.5. The average molecular weight is 461 g/mol. The van der Waals surface area contributed by atoms with Gasteiger partial charge in [-0.25, -0.2) is 13.4 Å². The lowest BCUT2D eigenvalue weighted by atomic mass is 10.1. The van der Waals surface area contributed by atoms with Gasteiger partial charge in [-0.1, -0.05) is 0 Å². The van der Waals surface area contributed by atoms with Crippen LogP contribution in [0.2, 0.25) is 0 Å². The fourth-order valence-electron chi connectivity index (χ4n) is 3.61. The molecule has 1 aromatic carbocycles. The molecule has 0 unspecified atom stereocenters. The monoisotopic (exact) mass is 460 g/mol. The number of aromatic nitrogens is 4. The molecule has 0 radical (unpaired) electrons. The number of imidazole rings is 1. The molecule has 0 bridgehead atoms. The summed E-state index contributed by atoms with van der Waals surface area (Å²) in [6, 6.07) is 6.99. The minimum Gasteiger partial charge on any atom is -0.497 e. The summed E-state index contributed by atoms with van der Waals surface area (Å²) in [4.78, 5) is 21.1. The fraction of sp³-hybridized carbons (Fsp3) is 0.350. The van der Waals surface area contributed by atoms with Crippen molar-refractivity contribution in [1.82, 2.24) is 29.4 Å². The van der Waals surface area contributed by atoms with Crippen LogP contribution in [0.5, 0.6) is 11.5 Å². The zero-order chi connectivity index (χ0) is 22.7. The van der Waals surface area contributed by atoms with Crippen LogP contribution in [-0.4, -0.2) is 84.1 Å². The molecule has 4 rings (SSSR count). The molecule has 0 atom stereocenters. The van der Waals surface area contributed by atoms with Crippen LogP contribution in [0.3, 0.4) is 0 Å². The van der Waals surface area contributed by atoms with Crippen molar-refractivity contribution < 1.29 is 22.7 Å². The molecule has 1 fully saturated rings. The third-order valence-electron chi connectivity index (χ3n) is 5.32. The van der Waals surface area contributed by atoms with Gasteiger partial charge in [-0.05, 0) is 30.7 Å². The zero-order valence-electron chi connectivity index (χ0n) is 17.7. The van der Waals surface area contributed by atoms with Gasteiger partial charge in [0.05, 0.1) is 32.4 Å². The zero-order valence-corrected chi connectivity index (χ0v) is 18.6. The van der Waals surface area contributed by atoms with E-state index in [2.05, 4.69) is 20.2 Å². The Morgan fingerprint density at radius 1 is 1.09 bits per heavy atom. The summed E-state index contributed by atoms with van der Waals surface area (Å²) in [6.45, 7) is 1.21. The van der Waals surface area contributed by atoms with Gasteiger partial charge in [0.25, 0.3) is 15.9 Å². The molecule has 0 aliphatic carbocycles. The number of hydrogen-bond acceptors (Lipinski definition) is 7. The van der Waals surface area contributed by atoms with Gasteiger partial charge in [-0.15, -0.1) is 0 Å². The summed E-state index contributed by atoms with van der Waals surface area (Å²) in [6.07, 6.45) is 3.12. The predicted molar refractivity (Wildman–Crippen MR) is 115 cm³/mol. The number of H-pyrrole nitrogens is 2. The number of carbonyl (C=O) groups is 1. The molecule has 1 aliphatic rings. The van der Waals surface area contributed by atoms with Gasteiger partial charge in [0, 0.05) is 31.7 Å². The summed E-state index contributed by atoms with van der Waals surface area (Å²) in [7, 11) is -0.541. The number of ether oxygens (including phenoxy) is 2. The quantitative estimate of drug-likeness (QED) is 0.567. The number of nitrogens with zero attached hydrogens (tertiary/aromatic N) is 4. The maximum atomic E-state index is 13.1. The molecule has 11 nitrogen and oxygen atoms in total. The van der Waals surface area contributed by atoms with E-state index in [4.69, 9.17) is 9.47 Å². The van der Waals surface area contributed by atoms with E-state index in [0.29, 0.717) is 48.0 Å². The van der Waals surface area contributed by atoms with Crippen molar-refractivity contribution in [2.45, 2.75) is 11.4 Å². The van der Waals surface area contributed by atoms with Gasteiger partial charge in [-0.3, -0.25) is 9.89 Å². The number of methoxy groups -OCH3 is 2. The molecular weight excluding hydrogens is 436 g/mol. The Balaban J connectivity index is 1.50. The Labute approximate surface area is 185 Å². The molecule has 1 amide bonds. The molecule has 2 aromatic heterocycles. The Morgan fingerprint density at radius 3 is 2.66 bits per heavy atom. The minimum atomic E-state index is -3.67. The molecular formula is C20H24N6O5S. The SMILES string of the molecule is COc1ccc(OC)c(-c2cc(C(=O)N3CCCN(S(=O)(=O)c4cnc[nH]4)CC3)[nH]n2)c1. The highest BCUT2D eigenvalue weighted by molar-refractivity contribution is 7.89. The van der Waals surface area contributed by atoms with Crippen molar-refractivity contribution in [3.63, 3.8) is 0 Å². The van der Waals surface area contributed by atoms with Crippen LogP contribution in [0.25, 0.3) is 11.3 Å².